The molecular formula is C16H24N2O2. The summed E-state index contributed by atoms with van der Waals surface area (Å²) in [5.74, 6) is 1.25. The highest BCUT2D eigenvalue weighted by Crippen LogP contribution is 2.34. The zero-order valence-electron chi connectivity index (χ0n) is 12.8. The van der Waals surface area contributed by atoms with Gasteiger partial charge in [-0.2, -0.15) is 0 Å². The highest BCUT2D eigenvalue weighted by molar-refractivity contribution is 5.99. The average Bonchev–Trinajstić information content (AvgIpc) is 2.87. The number of likely N-dealkylation sites (tertiary alicyclic amines) is 1. The fourth-order valence-corrected chi connectivity index (χ4v) is 2.68. The Morgan fingerprint density at radius 3 is 2.60 bits per heavy atom. The molecule has 1 atom stereocenters. The van der Waals surface area contributed by atoms with Crippen LogP contribution < -0.4 is 10.5 Å². The number of benzene rings is 1. The largest absolute Gasteiger partial charge is 0.497 e. The Labute approximate surface area is 120 Å². The van der Waals surface area contributed by atoms with Crippen molar-refractivity contribution in [2.75, 3.05) is 25.9 Å². The van der Waals surface area contributed by atoms with Gasteiger partial charge >= 0.3 is 0 Å². The molecule has 1 saturated heterocycles. The standard InChI is InChI=1S/C16H24N2O2/c1-16(2,3)11-7-8-18(10-11)15(19)13-6-5-12(20-4)9-14(13)17/h5-6,9,11H,7-8,10,17H2,1-4H3. The van der Waals surface area contributed by atoms with Crippen LogP contribution in [0.25, 0.3) is 0 Å². The summed E-state index contributed by atoms with van der Waals surface area (Å²) in [6.45, 7) is 8.31. The molecule has 110 valence electrons. The number of rotatable bonds is 2. The predicted octanol–water partition coefficient (Wildman–Crippen LogP) is 2.79. The maximum atomic E-state index is 12.5. The van der Waals surface area contributed by atoms with Crippen molar-refractivity contribution in [2.45, 2.75) is 27.2 Å². The number of hydrogen-bond donors (Lipinski definition) is 1. The first kappa shape index (κ1) is 14.7. The van der Waals surface area contributed by atoms with Crippen molar-refractivity contribution in [3.8, 4) is 5.75 Å². The summed E-state index contributed by atoms with van der Waals surface area (Å²) < 4.78 is 5.11. The van der Waals surface area contributed by atoms with Crippen LogP contribution in [0.2, 0.25) is 0 Å². The van der Waals surface area contributed by atoms with Gasteiger partial charge in [-0.25, -0.2) is 0 Å². The van der Waals surface area contributed by atoms with Crippen molar-refractivity contribution in [3.05, 3.63) is 23.8 Å². The lowest BCUT2D eigenvalue weighted by molar-refractivity contribution is 0.0777. The number of carbonyl (C=O) groups is 1. The molecule has 0 aliphatic carbocycles. The van der Waals surface area contributed by atoms with Gasteiger partial charge in [0.1, 0.15) is 5.75 Å². The third-order valence-electron chi connectivity index (χ3n) is 4.19. The van der Waals surface area contributed by atoms with Crippen molar-refractivity contribution in [1.29, 1.82) is 0 Å². The number of anilines is 1. The van der Waals surface area contributed by atoms with Crippen LogP contribution in [0.3, 0.4) is 0 Å². The maximum absolute atomic E-state index is 12.5. The van der Waals surface area contributed by atoms with E-state index in [1.807, 2.05) is 4.90 Å². The van der Waals surface area contributed by atoms with Gasteiger partial charge in [0.15, 0.2) is 0 Å². The first-order valence-electron chi connectivity index (χ1n) is 7.05. The van der Waals surface area contributed by atoms with E-state index in [0.29, 0.717) is 22.9 Å². The van der Waals surface area contributed by atoms with Crippen LogP contribution in [0, 0.1) is 11.3 Å². The molecule has 4 heteroatoms. The van der Waals surface area contributed by atoms with E-state index in [1.165, 1.54) is 0 Å². The van der Waals surface area contributed by atoms with E-state index in [0.717, 1.165) is 19.5 Å². The Hall–Kier alpha value is -1.71. The van der Waals surface area contributed by atoms with Gasteiger partial charge in [0.25, 0.3) is 5.91 Å². The molecule has 4 nitrogen and oxygen atoms in total. The summed E-state index contributed by atoms with van der Waals surface area (Å²) in [6, 6.07) is 5.23. The van der Waals surface area contributed by atoms with Crippen molar-refractivity contribution in [2.24, 2.45) is 11.3 Å². The molecule has 1 fully saturated rings. The minimum Gasteiger partial charge on any atom is -0.497 e. The molecule has 2 N–H and O–H groups in total. The summed E-state index contributed by atoms with van der Waals surface area (Å²) in [7, 11) is 1.59. The van der Waals surface area contributed by atoms with Crippen LogP contribution >= 0.6 is 0 Å². The lowest BCUT2D eigenvalue weighted by Crippen LogP contribution is -2.31. The Bertz CT molecular complexity index is 506. The Kier molecular flexibility index (Phi) is 3.93. The smallest absolute Gasteiger partial charge is 0.255 e. The van der Waals surface area contributed by atoms with Crippen LogP contribution in [-0.2, 0) is 0 Å². The maximum Gasteiger partial charge on any atom is 0.255 e. The Morgan fingerprint density at radius 2 is 2.10 bits per heavy atom. The monoisotopic (exact) mass is 276 g/mol. The van der Waals surface area contributed by atoms with E-state index < -0.39 is 0 Å². The molecule has 20 heavy (non-hydrogen) atoms. The van der Waals surface area contributed by atoms with Crippen molar-refractivity contribution >= 4 is 11.6 Å². The molecule has 0 spiro atoms. The summed E-state index contributed by atoms with van der Waals surface area (Å²) in [6.07, 6.45) is 1.06. The quantitative estimate of drug-likeness (QED) is 0.845. The van der Waals surface area contributed by atoms with Crippen molar-refractivity contribution < 1.29 is 9.53 Å². The van der Waals surface area contributed by atoms with Crippen LogP contribution in [0.5, 0.6) is 5.75 Å². The summed E-state index contributed by atoms with van der Waals surface area (Å²) >= 11 is 0. The number of methoxy groups -OCH3 is 1. The van der Waals surface area contributed by atoms with E-state index in [1.54, 1.807) is 25.3 Å². The van der Waals surface area contributed by atoms with Crippen molar-refractivity contribution in [3.63, 3.8) is 0 Å². The third-order valence-corrected chi connectivity index (χ3v) is 4.19. The van der Waals surface area contributed by atoms with Gasteiger partial charge in [-0.15, -0.1) is 0 Å². The number of hydrogen-bond acceptors (Lipinski definition) is 3. The van der Waals surface area contributed by atoms with E-state index in [-0.39, 0.29) is 11.3 Å². The molecule has 1 aromatic rings. The lowest BCUT2D eigenvalue weighted by Gasteiger charge is -2.27. The predicted molar refractivity (Wildman–Crippen MR) is 80.9 cm³/mol. The second-order valence-corrected chi connectivity index (χ2v) is 6.56. The highest BCUT2D eigenvalue weighted by Gasteiger charge is 2.34. The number of nitrogens with two attached hydrogens (primary N) is 1. The summed E-state index contributed by atoms with van der Waals surface area (Å²) in [5.41, 5.74) is 7.24. The Morgan fingerprint density at radius 1 is 1.40 bits per heavy atom. The number of carbonyl (C=O) groups excluding carboxylic acids is 1. The summed E-state index contributed by atoms with van der Waals surface area (Å²) in [4.78, 5) is 14.5. The second-order valence-electron chi connectivity index (χ2n) is 6.56. The molecule has 0 saturated carbocycles. The van der Waals surface area contributed by atoms with Gasteiger partial charge in [-0.1, -0.05) is 20.8 Å². The average molecular weight is 276 g/mol. The molecule has 0 bridgehead atoms. The fourth-order valence-electron chi connectivity index (χ4n) is 2.68. The molecule has 0 radical (unpaired) electrons. The first-order valence-corrected chi connectivity index (χ1v) is 7.05. The second kappa shape index (κ2) is 5.35. The van der Waals surface area contributed by atoms with E-state index >= 15 is 0 Å². The van der Waals surface area contributed by atoms with Gasteiger partial charge < -0.3 is 15.4 Å². The highest BCUT2D eigenvalue weighted by atomic mass is 16.5. The van der Waals surface area contributed by atoms with Gasteiger partial charge in [-0.05, 0) is 29.9 Å². The number of nitrogen functional groups attached to an aromatic ring is 1. The topological polar surface area (TPSA) is 55.6 Å². The molecule has 0 aromatic heterocycles. The van der Waals surface area contributed by atoms with Gasteiger partial charge in [0.2, 0.25) is 0 Å². The fraction of sp³-hybridized carbons (Fsp3) is 0.562. The van der Waals surface area contributed by atoms with Crippen LogP contribution in [0.1, 0.15) is 37.6 Å². The molecule has 1 amide bonds. The molecule has 1 unspecified atom stereocenters. The minimum absolute atomic E-state index is 0.0249. The number of nitrogens with zero attached hydrogens (tertiary/aromatic N) is 1. The zero-order chi connectivity index (χ0) is 14.9. The molecule has 1 aliphatic rings. The SMILES string of the molecule is COc1ccc(C(=O)N2CCC(C(C)(C)C)C2)c(N)c1. The lowest BCUT2D eigenvalue weighted by atomic mass is 9.80. The van der Waals surface area contributed by atoms with Crippen LogP contribution in [0.15, 0.2) is 18.2 Å². The number of ether oxygens (including phenoxy) is 1. The number of amides is 1. The van der Waals surface area contributed by atoms with Gasteiger partial charge in [0.05, 0.1) is 12.7 Å². The zero-order valence-corrected chi connectivity index (χ0v) is 12.8. The van der Waals surface area contributed by atoms with E-state index in [9.17, 15) is 4.79 Å². The van der Waals surface area contributed by atoms with Crippen molar-refractivity contribution in [1.82, 2.24) is 4.90 Å². The van der Waals surface area contributed by atoms with Crippen LogP contribution in [-0.4, -0.2) is 31.0 Å². The molecule has 2 rings (SSSR count). The molecule has 1 heterocycles. The normalized spacial score (nSPS) is 19.2. The Balaban J connectivity index is 2.13. The third kappa shape index (κ3) is 2.89. The van der Waals surface area contributed by atoms with Gasteiger partial charge in [-0.3, -0.25) is 4.79 Å². The molecule has 1 aliphatic heterocycles. The van der Waals surface area contributed by atoms with Crippen LogP contribution in [0.4, 0.5) is 5.69 Å². The van der Waals surface area contributed by atoms with E-state index in [4.69, 9.17) is 10.5 Å². The molecule has 1 aromatic carbocycles. The van der Waals surface area contributed by atoms with E-state index in [2.05, 4.69) is 20.8 Å². The molecular weight excluding hydrogens is 252 g/mol. The van der Waals surface area contributed by atoms with Gasteiger partial charge in [0, 0.05) is 24.8 Å². The first-order chi connectivity index (χ1) is 9.32. The summed E-state index contributed by atoms with van der Waals surface area (Å²) in [5, 5.41) is 0. The minimum atomic E-state index is 0.0249.